The Morgan fingerprint density at radius 2 is 1.41 bits per heavy atom. The molecule has 0 spiro atoms. The Kier molecular flexibility index (Phi) is 5.70. The summed E-state index contributed by atoms with van der Waals surface area (Å²) in [5, 5.41) is 0. The molecule has 0 aromatic heterocycles. The number of carbonyl (C=O) groups is 1. The fourth-order valence-corrected chi connectivity index (χ4v) is 3.70. The molecular weight excluding hydrogens is 380 g/mol. The Morgan fingerprint density at radius 1 is 0.793 bits per heavy atom. The minimum atomic E-state index is -1.96. The van der Waals surface area contributed by atoms with Crippen LogP contribution in [0.15, 0.2) is 36.4 Å². The Hall–Kier alpha value is -2.81. The Labute approximate surface area is 169 Å². The maximum atomic E-state index is 13.8. The van der Waals surface area contributed by atoms with Crippen LogP contribution < -0.4 is 18.9 Å². The zero-order valence-electron chi connectivity index (χ0n) is 17.2. The van der Waals surface area contributed by atoms with Gasteiger partial charge in [0.2, 0.25) is 11.5 Å². The van der Waals surface area contributed by atoms with Crippen molar-refractivity contribution in [2.45, 2.75) is 11.6 Å². The number of rotatable bonds is 7. The van der Waals surface area contributed by atoms with Gasteiger partial charge in [0.25, 0.3) is 5.79 Å². The number of hydrogen-bond donors (Lipinski definition) is 0. The molecule has 1 atom stereocenters. The molecule has 8 nitrogen and oxygen atoms in total. The SMILES string of the molecule is COc1cc2c(c(OC)c1OC)C(=O)C(OC)(OC)C(OC)(c1ccccc1)O2. The van der Waals surface area contributed by atoms with E-state index in [4.69, 9.17) is 33.2 Å². The van der Waals surface area contributed by atoms with Crippen LogP contribution in [0.2, 0.25) is 0 Å². The lowest BCUT2D eigenvalue weighted by atomic mass is 9.85. The van der Waals surface area contributed by atoms with E-state index < -0.39 is 17.4 Å². The number of hydrogen-bond acceptors (Lipinski definition) is 8. The van der Waals surface area contributed by atoms with Crippen molar-refractivity contribution in [2.24, 2.45) is 0 Å². The largest absolute Gasteiger partial charge is 0.493 e. The summed E-state index contributed by atoms with van der Waals surface area (Å²) in [6.07, 6.45) is 0. The van der Waals surface area contributed by atoms with Crippen LogP contribution in [-0.2, 0) is 20.0 Å². The van der Waals surface area contributed by atoms with Crippen molar-refractivity contribution >= 4 is 5.78 Å². The van der Waals surface area contributed by atoms with Gasteiger partial charge in [-0.1, -0.05) is 30.3 Å². The molecule has 8 heteroatoms. The van der Waals surface area contributed by atoms with Gasteiger partial charge < -0.3 is 33.2 Å². The lowest BCUT2D eigenvalue weighted by Gasteiger charge is -2.48. The fraction of sp³-hybridized carbons (Fsp3) is 0.381. The molecule has 0 bridgehead atoms. The first-order valence-corrected chi connectivity index (χ1v) is 8.77. The zero-order chi connectivity index (χ0) is 21.2. The van der Waals surface area contributed by atoms with E-state index in [2.05, 4.69) is 0 Å². The van der Waals surface area contributed by atoms with Crippen LogP contribution in [0.25, 0.3) is 0 Å². The maximum absolute atomic E-state index is 13.8. The van der Waals surface area contributed by atoms with E-state index in [9.17, 15) is 4.79 Å². The lowest BCUT2D eigenvalue weighted by Crippen LogP contribution is -2.65. The summed E-state index contributed by atoms with van der Waals surface area (Å²) in [5.74, 6) is -3.34. The highest BCUT2D eigenvalue weighted by molar-refractivity contribution is 6.09. The highest BCUT2D eigenvalue weighted by atomic mass is 16.8. The summed E-state index contributed by atoms with van der Waals surface area (Å²) in [7, 11) is 8.45. The van der Waals surface area contributed by atoms with Crippen molar-refractivity contribution in [1.82, 2.24) is 0 Å². The summed E-state index contributed by atoms with van der Waals surface area (Å²) in [4.78, 5) is 13.8. The molecule has 0 radical (unpaired) electrons. The van der Waals surface area contributed by atoms with Crippen molar-refractivity contribution in [3.8, 4) is 23.0 Å². The summed E-state index contributed by atoms with van der Waals surface area (Å²) in [5.41, 5.74) is 0.622. The third kappa shape index (κ3) is 2.75. The molecule has 156 valence electrons. The van der Waals surface area contributed by atoms with Crippen molar-refractivity contribution < 1.29 is 38.0 Å². The second-order valence-corrected chi connectivity index (χ2v) is 6.16. The van der Waals surface area contributed by atoms with E-state index in [-0.39, 0.29) is 22.8 Å². The molecule has 1 aliphatic heterocycles. The molecule has 0 amide bonds. The van der Waals surface area contributed by atoms with Gasteiger partial charge in [-0.3, -0.25) is 4.79 Å². The van der Waals surface area contributed by atoms with E-state index in [1.165, 1.54) is 42.7 Å². The van der Waals surface area contributed by atoms with Crippen LogP contribution in [0.3, 0.4) is 0 Å². The molecule has 1 aliphatic rings. The minimum absolute atomic E-state index is 0.0949. The van der Waals surface area contributed by atoms with Crippen LogP contribution in [0.1, 0.15) is 15.9 Å². The fourth-order valence-electron chi connectivity index (χ4n) is 3.70. The molecule has 1 unspecified atom stereocenters. The van der Waals surface area contributed by atoms with Crippen LogP contribution >= 0.6 is 0 Å². The summed E-state index contributed by atoms with van der Waals surface area (Å²) >= 11 is 0. The Balaban J connectivity index is 2.40. The maximum Gasteiger partial charge on any atom is 0.306 e. The van der Waals surface area contributed by atoms with E-state index in [1.54, 1.807) is 30.3 Å². The standard InChI is InChI=1S/C21H24O8/c1-23-15-12-14-16(18(25-3)17(15)24-2)19(22)21(27-5,28-6)20(26-4,29-14)13-10-8-7-9-11-13/h7-12H,1-6H3. The van der Waals surface area contributed by atoms with Crippen molar-refractivity contribution in [1.29, 1.82) is 0 Å². The molecule has 2 aromatic carbocycles. The average Bonchev–Trinajstić information content (AvgIpc) is 2.78. The number of benzene rings is 2. The van der Waals surface area contributed by atoms with Gasteiger partial charge in [-0.05, 0) is 0 Å². The van der Waals surface area contributed by atoms with Gasteiger partial charge in [-0.2, -0.15) is 0 Å². The second kappa shape index (κ2) is 7.90. The Bertz CT molecular complexity index is 891. The first-order chi connectivity index (χ1) is 14.0. The third-order valence-corrected chi connectivity index (χ3v) is 5.02. The molecule has 0 aliphatic carbocycles. The number of ether oxygens (including phenoxy) is 7. The summed E-state index contributed by atoms with van der Waals surface area (Å²) in [6.45, 7) is 0. The van der Waals surface area contributed by atoms with Gasteiger partial charge in [0.1, 0.15) is 11.3 Å². The molecule has 1 heterocycles. The average molecular weight is 404 g/mol. The van der Waals surface area contributed by atoms with Gasteiger partial charge in [0.15, 0.2) is 11.5 Å². The zero-order valence-corrected chi connectivity index (χ0v) is 17.2. The normalized spacial score (nSPS) is 19.9. The number of methoxy groups -OCH3 is 6. The molecule has 0 saturated carbocycles. The molecular formula is C21H24O8. The molecule has 0 saturated heterocycles. The van der Waals surface area contributed by atoms with Crippen molar-refractivity contribution in [2.75, 3.05) is 42.7 Å². The smallest absolute Gasteiger partial charge is 0.306 e. The van der Waals surface area contributed by atoms with E-state index >= 15 is 0 Å². The molecule has 0 fully saturated rings. The van der Waals surface area contributed by atoms with E-state index in [0.717, 1.165) is 0 Å². The molecule has 3 rings (SSSR count). The first kappa shape index (κ1) is 20.9. The predicted octanol–water partition coefficient (Wildman–Crippen LogP) is 2.78. The van der Waals surface area contributed by atoms with Crippen LogP contribution in [0, 0.1) is 0 Å². The topological polar surface area (TPSA) is 81.7 Å². The number of Topliss-reactive ketones (excluding diaryl/α,β-unsaturated/α-hetero) is 1. The van der Waals surface area contributed by atoms with E-state index in [0.29, 0.717) is 11.3 Å². The number of carbonyl (C=O) groups excluding carboxylic acids is 1. The van der Waals surface area contributed by atoms with Crippen molar-refractivity contribution in [3.63, 3.8) is 0 Å². The van der Waals surface area contributed by atoms with Crippen molar-refractivity contribution in [3.05, 3.63) is 47.5 Å². The van der Waals surface area contributed by atoms with Crippen LogP contribution in [0.5, 0.6) is 23.0 Å². The summed E-state index contributed by atoms with van der Waals surface area (Å²) < 4.78 is 39.6. The predicted molar refractivity (Wildman–Crippen MR) is 103 cm³/mol. The molecule has 29 heavy (non-hydrogen) atoms. The van der Waals surface area contributed by atoms with Crippen LogP contribution in [-0.4, -0.2) is 54.2 Å². The highest BCUT2D eigenvalue weighted by Gasteiger charge is 2.67. The first-order valence-electron chi connectivity index (χ1n) is 8.77. The van der Waals surface area contributed by atoms with Gasteiger partial charge in [-0.15, -0.1) is 0 Å². The quantitative estimate of drug-likeness (QED) is 0.652. The number of ketones is 1. The van der Waals surface area contributed by atoms with Gasteiger partial charge in [0.05, 0.1) is 21.3 Å². The monoisotopic (exact) mass is 404 g/mol. The highest BCUT2D eigenvalue weighted by Crippen LogP contribution is 2.54. The Morgan fingerprint density at radius 3 is 1.90 bits per heavy atom. The van der Waals surface area contributed by atoms with E-state index in [1.807, 2.05) is 6.07 Å². The second-order valence-electron chi connectivity index (χ2n) is 6.16. The van der Waals surface area contributed by atoms with Gasteiger partial charge >= 0.3 is 5.79 Å². The number of fused-ring (bicyclic) bond motifs is 1. The van der Waals surface area contributed by atoms with Crippen LogP contribution in [0.4, 0.5) is 0 Å². The molecule has 2 aromatic rings. The van der Waals surface area contributed by atoms with Gasteiger partial charge in [-0.25, -0.2) is 0 Å². The third-order valence-electron chi connectivity index (χ3n) is 5.02. The minimum Gasteiger partial charge on any atom is -0.493 e. The summed E-state index contributed by atoms with van der Waals surface area (Å²) in [6, 6.07) is 10.5. The lowest BCUT2D eigenvalue weighted by molar-refractivity contribution is -0.354. The van der Waals surface area contributed by atoms with Gasteiger partial charge in [0, 0.05) is 33.0 Å². The molecule has 0 N–H and O–H groups in total.